The molecule has 100 valence electrons. The summed E-state index contributed by atoms with van der Waals surface area (Å²) in [5.41, 5.74) is 5.03. The van der Waals surface area contributed by atoms with E-state index in [0.29, 0.717) is 13.1 Å². The summed E-state index contributed by atoms with van der Waals surface area (Å²) in [5, 5.41) is 7.04. The number of alkyl halides is 3. The number of likely N-dealkylation sites (N-methyl/N-ethyl adjacent to an activating group) is 1. The minimum Gasteiger partial charge on any atom is -0.387 e. The monoisotopic (exact) mass is 252 g/mol. The highest BCUT2D eigenvalue weighted by molar-refractivity contribution is 5.80. The lowest BCUT2D eigenvalue weighted by Crippen LogP contribution is -2.44. The van der Waals surface area contributed by atoms with Crippen LogP contribution in [0, 0.1) is 11.3 Å². The fraction of sp³-hybridized carbons (Fsp3) is 0.900. The minimum atomic E-state index is -4.43. The lowest BCUT2D eigenvalue weighted by molar-refractivity contribution is -0.159. The van der Waals surface area contributed by atoms with Crippen LogP contribution in [-0.2, 0) is 0 Å². The van der Waals surface area contributed by atoms with Crippen molar-refractivity contribution in [3.05, 3.63) is 0 Å². The van der Waals surface area contributed by atoms with E-state index in [-0.39, 0.29) is 6.54 Å². The molecule has 0 aromatic carbocycles. The second-order valence-corrected chi connectivity index (χ2v) is 4.51. The van der Waals surface area contributed by atoms with E-state index in [0.717, 1.165) is 19.5 Å². The molecule has 1 aliphatic heterocycles. The van der Waals surface area contributed by atoms with Gasteiger partial charge in [-0.15, -0.1) is 0 Å². The van der Waals surface area contributed by atoms with Crippen LogP contribution in [0.3, 0.4) is 0 Å². The molecule has 0 radical (unpaired) electrons. The number of hydrogen-bond donors (Lipinski definition) is 2. The summed E-state index contributed by atoms with van der Waals surface area (Å²) >= 11 is 0. The van der Waals surface area contributed by atoms with E-state index in [1.54, 1.807) is 4.90 Å². The third-order valence-electron chi connectivity index (χ3n) is 3.02. The highest BCUT2D eigenvalue weighted by atomic mass is 19.4. The molecule has 3 N–H and O–H groups in total. The van der Waals surface area contributed by atoms with Gasteiger partial charge in [0.15, 0.2) is 0 Å². The van der Waals surface area contributed by atoms with Crippen LogP contribution < -0.4 is 5.73 Å². The normalized spacial score (nSPS) is 22.1. The molecule has 0 amide bonds. The van der Waals surface area contributed by atoms with Crippen LogP contribution in [0.2, 0.25) is 0 Å². The van der Waals surface area contributed by atoms with Crippen LogP contribution in [0.5, 0.6) is 0 Å². The SMILES string of the molecule is CN1CCCN(CC(C(=N)N)C(F)(F)F)CC1. The molecule has 0 aliphatic carbocycles. The van der Waals surface area contributed by atoms with Gasteiger partial charge in [0.1, 0.15) is 11.8 Å². The average molecular weight is 252 g/mol. The highest BCUT2D eigenvalue weighted by Gasteiger charge is 2.42. The molecule has 0 saturated carbocycles. The zero-order valence-electron chi connectivity index (χ0n) is 9.93. The van der Waals surface area contributed by atoms with Crippen molar-refractivity contribution in [2.75, 3.05) is 39.8 Å². The van der Waals surface area contributed by atoms with Gasteiger partial charge in [0.2, 0.25) is 0 Å². The molecule has 7 heteroatoms. The zero-order valence-corrected chi connectivity index (χ0v) is 9.93. The Morgan fingerprint density at radius 1 is 1.29 bits per heavy atom. The summed E-state index contributed by atoms with van der Waals surface area (Å²) in [5.74, 6) is -2.64. The van der Waals surface area contributed by atoms with Gasteiger partial charge in [0.25, 0.3) is 0 Å². The van der Waals surface area contributed by atoms with Gasteiger partial charge in [0.05, 0.1) is 0 Å². The Hall–Kier alpha value is -0.820. The van der Waals surface area contributed by atoms with Crippen molar-refractivity contribution >= 4 is 5.84 Å². The maximum Gasteiger partial charge on any atom is 0.399 e. The number of amidine groups is 1. The topological polar surface area (TPSA) is 56.4 Å². The summed E-state index contributed by atoms with van der Waals surface area (Å²) in [6.45, 7) is 2.67. The highest BCUT2D eigenvalue weighted by Crippen LogP contribution is 2.27. The number of nitrogens with one attached hydrogen (secondary N) is 1. The Bertz CT molecular complexity index is 267. The molecule has 17 heavy (non-hydrogen) atoms. The first kappa shape index (κ1) is 14.2. The predicted molar refractivity (Wildman–Crippen MR) is 60.0 cm³/mol. The number of nitrogens with two attached hydrogens (primary N) is 1. The van der Waals surface area contributed by atoms with Gasteiger partial charge in [-0.3, -0.25) is 5.41 Å². The van der Waals surface area contributed by atoms with Crippen LogP contribution in [0.15, 0.2) is 0 Å². The van der Waals surface area contributed by atoms with Crippen LogP contribution in [-0.4, -0.2) is 61.6 Å². The molecule has 0 bridgehead atoms. The van der Waals surface area contributed by atoms with Crippen LogP contribution in [0.1, 0.15) is 6.42 Å². The molecule has 1 unspecified atom stereocenters. The largest absolute Gasteiger partial charge is 0.399 e. The van der Waals surface area contributed by atoms with E-state index >= 15 is 0 Å². The van der Waals surface area contributed by atoms with Gasteiger partial charge in [-0.05, 0) is 26.6 Å². The molecule has 1 heterocycles. The Morgan fingerprint density at radius 2 is 1.94 bits per heavy atom. The number of hydrogen-bond acceptors (Lipinski definition) is 3. The Labute approximate surface area is 99.1 Å². The fourth-order valence-corrected chi connectivity index (χ4v) is 1.92. The Balaban J connectivity index is 2.58. The molecule has 0 spiro atoms. The zero-order chi connectivity index (χ0) is 13.1. The fourth-order valence-electron chi connectivity index (χ4n) is 1.92. The summed E-state index contributed by atoms with van der Waals surface area (Å²) in [6, 6.07) is 0. The minimum absolute atomic E-state index is 0.202. The van der Waals surface area contributed by atoms with Crippen LogP contribution in [0.4, 0.5) is 13.2 Å². The van der Waals surface area contributed by atoms with Crippen molar-refractivity contribution in [1.29, 1.82) is 5.41 Å². The van der Waals surface area contributed by atoms with E-state index in [1.165, 1.54) is 0 Å². The predicted octanol–water partition coefficient (Wildman–Crippen LogP) is 0.738. The molecule has 4 nitrogen and oxygen atoms in total. The van der Waals surface area contributed by atoms with Crippen molar-refractivity contribution in [2.24, 2.45) is 11.7 Å². The number of rotatable bonds is 3. The molecular formula is C10H19F3N4. The van der Waals surface area contributed by atoms with Crippen molar-refractivity contribution in [2.45, 2.75) is 12.6 Å². The Kier molecular flexibility index (Phi) is 4.76. The van der Waals surface area contributed by atoms with Gasteiger partial charge in [0, 0.05) is 19.6 Å². The molecular weight excluding hydrogens is 233 g/mol. The second kappa shape index (κ2) is 5.68. The van der Waals surface area contributed by atoms with Crippen LogP contribution >= 0.6 is 0 Å². The van der Waals surface area contributed by atoms with E-state index in [1.807, 2.05) is 7.05 Å². The summed E-state index contributed by atoms with van der Waals surface area (Å²) < 4.78 is 37.9. The molecule has 1 rings (SSSR count). The first-order chi connectivity index (χ1) is 7.80. The van der Waals surface area contributed by atoms with Crippen molar-refractivity contribution in [1.82, 2.24) is 9.80 Å². The van der Waals surface area contributed by atoms with Crippen molar-refractivity contribution in [3.8, 4) is 0 Å². The molecule has 0 aromatic heterocycles. The summed E-state index contributed by atoms with van der Waals surface area (Å²) in [6.07, 6.45) is -3.58. The lowest BCUT2D eigenvalue weighted by atomic mass is 10.1. The smallest absolute Gasteiger partial charge is 0.387 e. The van der Waals surface area contributed by atoms with E-state index < -0.39 is 17.9 Å². The summed E-state index contributed by atoms with van der Waals surface area (Å²) in [4.78, 5) is 3.83. The van der Waals surface area contributed by atoms with Crippen molar-refractivity contribution in [3.63, 3.8) is 0 Å². The van der Waals surface area contributed by atoms with Gasteiger partial charge in [-0.2, -0.15) is 13.2 Å². The third-order valence-corrected chi connectivity index (χ3v) is 3.02. The van der Waals surface area contributed by atoms with E-state index in [9.17, 15) is 13.2 Å². The van der Waals surface area contributed by atoms with E-state index in [4.69, 9.17) is 11.1 Å². The van der Waals surface area contributed by atoms with Crippen molar-refractivity contribution < 1.29 is 13.2 Å². The second-order valence-electron chi connectivity index (χ2n) is 4.51. The lowest BCUT2D eigenvalue weighted by Gasteiger charge is -2.26. The summed E-state index contributed by atoms with van der Waals surface area (Å²) in [7, 11) is 1.95. The molecule has 1 aliphatic rings. The molecule has 1 saturated heterocycles. The first-order valence-electron chi connectivity index (χ1n) is 5.62. The molecule has 1 atom stereocenters. The van der Waals surface area contributed by atoms with Gasteiger partial charge >= 0.3 is 6.18 Å². The number of nitrogens with zero attached hydrogens (tertiary/aromatic N) is 2. The molecule has 1 fully saturated rings. The van der Waals surface area contributed by atoms with Gasteiger partial charge < -0.3 is 15.5 Å². The maximum atomic E-state index is 12.6. The van der Waals surface area contributed by atoms with E-state index in [2.05, 4.69) is 4.90 Å². The van der Waals surface area contributed by atoms with Gasteiger partial charge in [-0.25, -0.2) is 0 Å². The standard InChI is InChI=1S/C10H19F3N4/c1-16-3-2-4-17(6-5-16)7-8(9(14)15)10(11,12)13/h8H,2-7H2,1H3,(H3,14,15). The van der Waals surface area contributed by atoms with Crippen LogP contribution in [0.25, 0.3) is 0 Å². The number of halogens is 3. The average Bonchev–Trinajstić information content (AvgIpc) is 2.37. The maximum absolute atomic E-state index is 12.6. The first-order valence-corrected chi connectivity index (χ1v) is 5.62. The Morgan fingerprint density at radius 3 is 2.47 bits per heavy atom. The third kappa shape index (κ3) is 4.51. The molecule has 0 aromatic rings. The van der Waals surface area contributed by atoms with Gasteiger partial charge in [-0.1, -0.05) is 0 Å². The quantitative estimate of drug-likeness (QED) is 0.575.